The van der Waals surface area contributed by atoms with E-state index in [0.717, 1.165) is 0 Å². The fraction of sp³-hybridized carbons (Fsp3) is 0.462. The van der Waals surface area contributed by atoms with E-state index in [1.807, 2.05) is 6.07 Å². The van der Waals surface area contributed by atoms with Crippen LogP contribution in [0.4, 0.5) is 0 Å². The molecular weight excluding hydrogens is 280 g/mol. The predicted molar refractivity (Wildman–Crippen MR) is 73.9 cm³/mol. The molecule has 1 fully saturated rings. The van der Waals surface area contributed by atoms with E-state index < -0.39 is 22.0 Å². The molecule has 1 heterocycles. The molecule has 0 aliphatic carbocycles. The fourth-order valence-corrected chi connectivity index (χ4v) is 4.15. The summed E-state index contributed by atoms with van der Waals surface area (Å²) in [6.07, 6.45) is 1.19. The Labute approximate surface area is 118 Å². The number of hydrogen-bond acceptors (Lipinski definition) is 4. The first-order valence-corrected chi connectivity index (χ1v) is 8.02. The molecule has 0 saturated carbocycles. The van der Waals surface area contributed by atoms with Gasteiger partial charge in [0.15, 0.2) is 0 Å². The first-order chi connectivity index (χ1) is 9.54. The van der Waals surface area contributed by atoms with E-state index in [0.29, 0.717) is 24.9 Å². The molecule has 7 heteroatoms. The van der Waals surface area contributed by atoms with Gasteiger partial charge in [0.05, 0.1) is 12.9 Å². The lowest BCUT2D eigenvalue weighted by atomic mass is 10.2. The molecule has 110 valence electrons. The van der Waals surface area contributed by atoms with Crippen molar-refractivity contribution in [1.82, 2.24) is 9.79 Å². The van der Waals surface area contributed by atoms with Crippen LogP contribution in [0.5, 0.6) is 0 Å². The minimum atomic E-state index is -3.51. The summed E-state index contributed by atoms with van der Waals surface area (Å²) < 4.78 is 26.1. The summed E-state index contributed by atoms with van der Waals surface area (Å²) in [5.41, 5.74) is 2.92. The summed E-state index contributed by atoms with van der Waals surface area (Å²) in [5.74, 6) is -0.508. The van der Waals surface area contributed by atoms with E-state index in [9.17, 15) is 13.2 Å². The highest BCUT2D eigenvalue weighted by Crippen LogP contribution is 2.23. The zero-order valence-electron chi connectivity index (χ0n) is 11.3. The Bertz CT molecular complexity index is 559. The van der Waals surface area contributed by atoms with Gasteiger partial charge in [-0.1, -0.05) is 30.3 Å². The molecule has 1 aliphatic heterocycles. The van der Waals surface area contributed by atoms with Crippen LogP contribution < -0.4 is 5.48 Å². The fourth-order valence-electron chi connectivity index (χ4n) is 2.37. The molecule has 1 atom stereocenters. The van der Waals surface area contributed by atoms with Crippen LogP contribution >= 0.6 is 0 Å². The third-order valence-corrected chi connectivity index (χ3v) is 5.11. The average molecular weight is 298 g/mol. The number of hydrogen-bond donors (Lipinski definition) is 1. The average Bonchev–Trinajstić information content (AvgIpc) is 2.90. The first-order valence-electron chi connectivity index (χ1n) is 6.41. The number of rotatable bonds is 5. The molecule has 1 aliphatic rings. The normalized spacial score (nSPS) is 19.9. The summed E-state index contributed by atoms with van der Waals surface area (Å²) >= 11 is 0. The van der Waals surface area contributed by atoms with E-state index in [2.05, 4.69) is 10.3 Å². The van der Waals surface area contributed by atoms with Gasteiger partial charge in [0.25, 0.3) is 5.91 Å². The Hall–Kier alpha value is -1.44. The molecular formula is C13H18N2O4S. The van der Waals surface area contributed by atoms with Crippen LogP contribution in [0, 0.1) is 0 Å². The summed E-state index contributed by atoms with van der Waals surface area (Å²) in [6.45, 7) is 0.372. The second-order valence-electron chi connectivity index (χ2n) is 4.68. The Kier molecular flexibility index (Phi) is 4.74. The number of nitrogens with zero attached hydrogens (tertiary/aromatic N) is 1. The van der Waals surface area contributed by atoms with E-state index >= 15 is 0 Å². The second kappa shape index (κ2) is 6.34. The third kappa shape index (κ3) is 3.36. The lowest BCUT2D eigenvalue weighted by Crippen LogP contribution is -2.45. The van der Waals surface area contributed by atoms with E-state index in [-0.39, 0.29) is 5.75 Å². The highest BCUT2D eigenvalue weighted by molar-refractivity contribution is 7.88. The highest BCUT2D eigenvalue weighted by atomic mass is 32.2. The van der Waals surface area contributed by atoms with Crippen molar-refractivity contribution in [3.8, 4) is 0 Å². The quantitative estimate of drug-likeness (QED) is 0.810. The van der Waals surface area contributed by atoms with Crippen molar-refractivity contribution in [2.45, 2.75) is 24.6 Å². The van der Waals surface area contributed by atoms with Crippen molar-refractivity contribution in [3.63, 3.8) is 0 Å². The van der Waals surface area contributed by atoms with Crippen molar-refractivity contribution in [2.24, 2.45) is 0 Å². The van der Waals surface area contributed by atoms with Gasteiger partial charge in [0, 0.05) is 6.54 Å². The minimum Gasteiger partial charge on any atom is -0.277 e. The maximum atomic E-state index is 12.4. The SMILES string of the molecule is CONC(=O)C1CCCN1S(=O)(=O)Cc1ccccc1. The molecule has 1 saturated heterocycles. The van der Waals surface area contributed by atoms with Crippen molar-refractivity contribution >= 4 is 15.9 Å². The van der Waals surface area contributed by atoms with Gasteiger partial charge in [0.1, 0.15) is 6.04 Å². The number of sulfonamides is 1. The van der Waals surface area contributed by atoms with Gasteiger partial charge >= 0.3 is 0 Å². The van der Waals surface area contributed by atoms with Crippen LogP contribution in [0.15, 0.2) is 30.3 Å². The molecule has 20 heavy (non-hydrogen) atoms. The Morgan fingerprint density at radius 2 is 2.10 bits per heavy atom. The smallest absolute Gasteiger partial charge is 0.261 e. The number of nitrogens with one attached hydrogen (secondary N) is 1. The molecule has 2 rings (SSSR count). The Morgan fingerprint density at radius 1 is 1.40 bits per heavy atom. The summed E-state index contributed by atoms with van der Waals surface area (Å²) in [6, 6.07) is 8.27. The van der Waals surface area contributed by atoms with Crippen molar-refractivity contribution in [1.29, 1.82) is 0 Å². The Balaban J connectivity index is 2.14. The zero-order valence-corrected chi connectivity index (χ0v) is 12.1. The van der Waals surface area contributed by atoms with Gasteiger partial charge in [-0.2, -0.15) is 4.31 Å². The lowest BCUT2D eigenvalue weighted by molar-refractivity contribution is -0.134. The van der Waals surface area contributed by atoms with Crippen molar-refractivity contribution < 1.29 is 18.0 Å². The molecule has 0 bridgehead atoms. The number of carbonyl (C=O) groups is 1. The van der Waals surface area contributed by atoms with Gasteiger partial charge in [-0.25, -0.2) is 13.9 Å². The van der Waals surface area contributed by atoms with Gasteiger partial charge in [-0.3, -0.25) is 9.63 Å². The van der Waals surface area contributed by atoms with Crippen LogP contribution in [0.2, 0.25) is 0 Å². The maximum absolute atomic E-state index is 12.4. The first kappa shape index (κ1) is 15.0. The summed E-state index contributed by atoms with van der Waals surface area (Å²) in [7, 11) is -2.18. The standard InChI is InChI=1S/C13H18N2O4S/c1-19-14-13(16)12-8-5-9-15(12)20(17,18)10-11-6-3-2-4-7-11/h2-4,6-7,12H,5,8-10H2,1H3,(H,14,16). The van der Waals surface area contributed by atoms with Crippen molar-refractivity contribution in [3.05, 3.63) is 35.9 Å². The van der Waals surface area contributed by atoms with Crippen molar-refractivity contribution in [2.75, 3.05) is 13.7 Å². The molecule has 6 nitrogen and oxygen atoms in total. The Morgan fingerprint density at radius 3 is 2.75 bits per heavy atom. The highest BCUT2D eigenvalue weighted by Gasteiger charge is 2.38. The minimum absolute atomic E-state index is 0.0927. The van der Waals surface area contributed by atoms with Gasteiger partial charge in [-0.15, -0.1) is 0 Å². The monoisotopic (exact) mass is 298 g/mol. The molecule has 0 aromatic heterocycles. The van der Waals surface area contributed by atoms with Gasteiger partial charge in [0.2, 0.25) is 10.0 Å². The topological polar surface area (TPSA) is 75.7 Å². The van der Waals surface area contributed by atoms with Crippen LogP contribution in [-0.4, -0.2) is 38.3 Å². The molecule has 1 aromatic carbocycles. The molecule has 1 amide bonds. The van der Waals surface area contributed by atoms with Gasteiger partial charge in [-0.05, 0) is 18.4 Å². The lowest BCUT2D eigenvalue weighted by Gasteiger charge is -2.22. The van der Waals surface area contributed by atoms with E-state index in [4.69, 9.17) is 0 Å². The molecule has 0 radical (unpaired) electrons. The van der Waals surface area contributed by atoms with Crippen LogP contribution in [0.1, 0.15) is 18.4 Å². The second-order valence-corrected chi connectivity index (χ2v) is 6.60. The van der Waals surface area contributed by atoms with Gasteiger partial charge < -0.3 is 0 Å². The zero-order chi connectivity index (χ0) is 14.6. The predicted octanol–water partition coefficient (Wildman–Crippen LogP) is 0.658. The number of benzene rings is 1. The third-order valence-electron chi connectivity index (χ3n) is 3.26. The van der Waals surface area contributed by atoms with Crippen LogP contribution in [0.3, 0.4) is 0 Å². The summed E-state index contributed by atoms with van der Waals surface area (Å²) in [4.78, 5) is 16.4. The maximum Gasteiger partial charge on any atom is 0.261 e. The van der Waals surface area contributed by atoms with E-state index in [1.165, 1.54) is 11.4 Å². The number of amides is 1. The molecule has 0 spiro atoms. The molecule has 1 N–H and O–H groups in total. The molecule has 1 unspecified atom stereocenters. The van der Waals surface area contributed by atoms with Crippen LogP contribution in [0.25, 0.3) is 0 Å². The summed E-state index contributed by atoms with van der Waals surface area (Å²) in [5, 5.41) is 0. The van der Waals surface area contributed by atoms with Crippen LogP contribution in [-0.2, 0) is 25.4 Å². The molecule has 1 aromatic rings. The van der Waals surface area contributed by atoms with E-state index in [1.54, 1.807) is 24.3 Å². The largest absolute Gasteiger partial charge is 0.277 e. The number of hydroxylamine groups is 1. The number of carbonyl (C=O) groups excluding carboxylic acids is 1.